The smallest absolute Gasteiger partial charge is 0.142 e. The SMILES string of the molecule is N#Cc1cccc(N2CCC(CO)C2)n1. The van der Waals surface area contributed by atoms with E-state index in [-0.39, 0.29) is 6.61 Å². The topological polar surface area (TPSA) is 60.2 Å². The number of hydrogen-bond donors (Lipinski definition) is 1. The largest absolute Gasteiger partial charge is 0.396 e. The Balaban J connectivity index is 2.14. The van der Waals surface area contributed by atoms with Crippen LogP contribution in [0.25, 0.3) is 0 Å². The number of pyridine rings is 1. The molecule has 0 amide bonds. The van der Waals surface area contributed by atoms with Gasteiger partial charge >= 0.3 is 0 Å². The zero-order valence-corrected chi connectivity index (χ0v) is 8.43. The molecule has 0 radical (unpaired) electrons. The lowest BCUT2D eigenvalue weighted by atomic mass is 10.1. The zero-order valence-electron chi connectivity index (χ0n) is 8.43. The summed E-state index contributed by atoms with van der Waals surface area (Å²) in [5, 5.41) is 17.8. The Labute approximate surface area is 88.8 Å². The molecule has 1 aliphatic heterocycles. The predicted molar refractivity (Wildman–Crippen MR) is 56.4 cm³/mol. The van der Waals surface area contributed by atoms with E-state index in [9.17, 15) is 0 Å². The summed E-state index contributed by atoms with van der Waals surface area (Å²) in [5.41, 5.74) is 0.444. The van der Waals surface area contributed by atoms with Crippen molar-refractivity contribution in [2.75, 3.05) is 24.6 Å². The van der Waals surface area contributed by atoms with E-state index in [4.69, 9.17) is 10.4 Å². The molecule has 1 aromatic heterocycles. The van der Waals surface area contributed by atoms with Gasteiger partial charge in [-0.3, -0.25) is 0 Å². The highest BCUT2D eigenvalue weighted by molar-refractivity contribution is 5.42. The molecule has 78 valence electrons. The quantitative estimate of drug-likeness (QED) is 0.771. The second-order valence-corrected chi connectivity index (χ2v) is 3.78. The maximum atomic E-state index is 9.03. The molecule has 1 N–H and O–H groups in total. The van der Waals surface area contributed by atoms with Gasteiger partial charge in [-0.1, -0.05) is 6.07 Å². The molecule has 1 atom stereocenters. The maximum absolute atomic E-state index is 9.03. The summed E-state index contributed by atoms with van der Waals surface area (Å²) in [6.45, 7) is 1.97. The third-order valence-electron chi connectivity index (χ3n) is 2.72. The van der Waals surface area contributed by atoms with Crippen molar-refractivity contribution in [3.63, 3.8) is 0 Å². The van der Waals surface area contributed by atoms with Crippen molar-refractivity contribution in [2.24, 2.45) is 5.92 Å². The van der Waals surface area contributed by atoms with E-state index >= 15 is 0 Å². The summed E-state index contributed by atoms with van der Waals surface area (Å²) in [6, 6.07) is 7.47. The molecule has 4 heteroatoms. The third-order valence-corrected chi connectivity index (χ3v) is 2.72. The Morgan fingerprint density at radius 3 is 3.13 bits per heavy atom. The maximum Gasteiger partial charge on any atom is 0.142 e. The molecule has 1 aliphatic rings. The number of anilines is 1. The van der Waals surface area contributed by atoms with Crippen molar-refractivity contribution >= 4 is 5.82 Å². The van der Waals surface area contributed by atoms with Crippen molar-refractivity contribution in [2.45, 2.75) is 6.42 Å². The van der Waals surface area contributed by atoms with Crippen LogP contribution in [0, 0.1) is 17.2 Å². The summed E-state index contributed by atoms with van der Waals surface area (Å²) < 4.78 is 0. The molecule has 0 aromatic carbocycles. The second kappa shape index (κ2) is 4.28. The summed E-state index contributed by atoms with van der Waals surface area (Å²) in [4.78, 5) is 6.34. The Bertz CT molecular complexity index is 386. The zero-order chi connectivity index (χ0) is 10.7. The molecule has 1 unspecified atom stereocenters. The molecule has 0 saturated carbocycles. The van der Waals surface area contributed by atoms with E-state index in [2.05, 4.69) is 9.88 Å². The fourth-order valence-corrected chi connectivity index (χ4v) is 1.85. The van der Waals surface area contributed by atoms with Crippen LogP contribution < -0.4 is 4.90 Å². The van der Waals surface area contributed by atoms with Crippen molar-refractivity contribution in [1.82, 2.24) is 4.98 Å². The van der Waals surface area contributed by atoms with Crippen molar-refractivity contribution in [1.29, 1.82) is 5.26 Å². The van der Waals surface area contributed by atoms with Gasteiger partial charge in [0.25, 0.3) is 0 Å². The number of nitriles is 1. The summed E-state index contributed by atoms with van der Waals surface area (Å²) in [6.07, 6.45) is 0.995. The van der Waals surface area contributed by atoms with Gasteiger partial charge in [-0.2, -0.15) is 5.26 Å². The van der Waals surface area contributed by atoms with Gasteiger partial charge in [-0.15, -0.1) is 0 Å². The highest BCUT2D eigenvalue weighted by atomic mass is 16.3. The molecule has 0 aliphatic carbocycles. The Morgan fingerprint density at radius 2 is 2.47 bits per heavy atom. The average molecular weight is 203 g/mol. The second-order valence-electron chi connectivity index (χ2n) is 3.78. The summed E-state index contributed by atoms with van der Waals surface area (Å²) >= 11 is 0. The van der Waals surface area contributed by atoms with Gasteiger partial charge in [-0.05, 0) is 18.6 Å². The molecule has 1 saturated heterocycles. The average Bonchev–Trinajstić information content (AvgIpc) is 2.78. The van der Waals surface area contributed by atoms with Gasteiger partial charge in [0.15, 0.2) is 0 Å². The van der Waals surface area contributed by atoms with Crippen LogP contribution in [0.15, 0.2) is 18.2 Å². The van der Waals surface area contributed by atoms with Crippen LogP contribution in [-0.4, -0.2) is 29.8 Å². The Morgan fingerprint density at radius 1 is 1.60 bits per heavy atom. The molecule has 2 heterocycles. The standard InChI is InChI=1S/C11H13N3O/c12-6-10-2-1-3-11(13-10)14-5-4-9(7-14)8-15/h1-3,9,15H,4-5,7-8H2. The van der Waals surface area contributed by atoms with Crippen molar-refractivity contribution in [3.05, 3.63) is 23.9 Å². The minimum Gasteiger partial charge on any atom is -0.396 e. The number of aliphatic hydroxyl groups is 1. The van der Waals surface area contributed by atoms with Gasteiger partial charge in [-0.25, -0.2) is 4.98 Å². The third kappa shape index (κ3) is 2.08. The lowest BCUT2D eigenvalue weighted by molar-refractivity contribution is 0.238. The number of aromatic nitrogens is 1. The van der Waals surface area contributed by atoms with Crippen LogP contribution in [0.1, 0.15) is 12.1 Å². The van der Waals surface area contributed by atoms with E-state index in [1.165, 1.54) is 0 Å². The monoisotopic (exact) mass is 203 g/mol. The van der Waals surface area contributed by atoms with Gasteiger partial charge in [0.2, 0.25) is 0 Å². The van der Waals surface area contributed by atoms with E-state index in [1.807, 2.05) is 18.2 Å². The number of nitrogens with zero attached hydrogens (tertiary/aromatic N) is 3. The molecule has 0 bridgehead atoms. The predicted octanol–water partition coefficient (Wildman–Crippen LogP) is 0.772. The number of rotatable bonds is 2. The van der Waals surface area contributed by atoms with E-state index in [1.54, 1.807) is 6.07 Å². The number of hydrogen-bond acceptors (Lipinski definition) is 4. The molecule has 4 nitrogen and oxygen atoms in total. The highest BCUT2D eigenvalue weighted by Crippen LogP contribution is 2.21. The summed E-state index contributed by atoms with van der Waals surface area (Å²) in [5.74, 6) is 1.18. The van der Waals surface area contributed by atoms with Crippen molar-refractivity contribution < 1.29 is 5.11 Å². The van der Waals surface area contributed by atoms with E-state index in [0.29, 0.717) is 11.6 Å². The lowest BCUT2D eigenvalue weighted by Gasteiger charge is -2.16. The summed E-state index contributed by atoms with van der Waals surface area (Å²) in [7, 11) is 0. The van der Waals surface area contributed by atoms with Crippen LogP contribution >= 0.6 is 0 Å². The van der Waals surface area contributed by atoms with Gasteiger partial charge < -0.3 is 10.0 Å². The van der Waals surface area contributed by atoms with Crippen LogP contribution in [0.4, 0.5) is 5.82 Å². The first kappa shape index (κ1) is 9.94. The fraction of sp³-hybridized carbons (Fsp3) is 0.455. The van der Waals surface area contributed by atoms with Gasteiger partial charge in [0.05, 0.1) is 0 Å². The first-order valence-electron chi connectivity index (χ1n) is 5.06. The number of aliphatic hydroxyl groups excluding tert-OH is 1. The normalized spacial score (nSPS) is 20.3. The molecule has 2 rings (SSSR count). The van der Waals surface area contributed by atoms with Crippen molar-refractivity contribution in [3.8, 4) is 6.07 Å². The minimum absolute atomic E-state index is 0.231. The molecule has 15 heavy (non-hydrogen) atoms. The van der Waals surface area contributed by atoms with E-state index in [0.717, 1.165) is 25.3 Å². The lowest BCUT2D eigenvalue weighted by Crippen LogP contribution is -2.21. The molecule has 0 spiro atoms. The fourth-order valence-electron chi connectivity index (χ4n) is 1.85. The van der Waals surface area contributed by atoms with Crippen LogP contribution in [0.2, 0.25) is 0 Å². The Hall–Kier alpha value is -1.60. The first-order chi connectivity index (χ1) is 7.33. The first-order valence-corrected chi connectivity index (χ1v) is 5.06. The van der Waals surface area contributed by atoms with Gasteiger partial charge in [0, 0.05) is 25.6 Å². The molecular weight excluding hydrogens is 190 g/mol. The van der Waals surface area contributed by atoms with E-state index < -0.39 is 0 Å². The van der Waals surface area contributed by atoms with Crippen LogP contribution in [0.5, 0.6) is 0 Å². The van der Waals surface area contributed by atoms with Crippen LogP contribution in [-0.2, 0) is 0 Å². The highest BCUT2D eigenvalue weighted by Gasteiger charge is 2.22. The molecular formula is C11H13N3O. The van der Waals surface area contributed by atoms with Crippen LogP contribution in [0.3, 0.4) is 0 Å². The van der Waals surface area contributed by atoms with Gasteiger partial charge in [0.1, 0.15) is 17.6 Å². The molecule has 1 fully saturated rings. The Kier molecular flexibility index (Phi) is 2.84. The minimum atomic E-state index is 0.231. The molecule has 1 aromatic rings.